The lowest BCUT2D eigenvalue weighted by Crippen LogP contribution is -2.62. The fourth-order valence-corrected chi connectivity index (χ4v) is 8.56. The molecule has 2 amide bonds. The molecule has 8 heteroatoms. The molecule has 1 aromatic heterocycles. The van der Waals surface area contributed by atoms with Crippen LogP contribution < -0.4 is 5.56 Å². The van der Waals surface area contributed by atoms with E-state index in [1.54, 1.807) is 21.7 Å². The molecular weight excluding hydrogens is 554 g/mol. The Kier molecular flexibility index (Phi) is 9.29. The number of hydrogen-bond donors (Lipinski definition) is 1. The van der Waals surface area contributed by atoms with Crippen molar-refractivity contribution >= 4 is 11.8 Å². The van der Waals surface area contributed by atoms with Crippen molar-refractivity contribution in [2.75, 3.05) is 39.4 Å². The summed E-state index contributed by atoms with van der Waals surface area (Å²) in [6, 6.07) is 11.1. The molecule has 1 aromatic carbocycles. The maximum atomic E-state index is 13.9. The van der Waals surface area contributed by atoms with Crippen LogP contribution in [0.2, 0.25) is 0 Å². The average molecular weight is 604 g/mol. The van der Waals surface area contributed by atoms with Crippen molar-refractivity contribution in [3.8, 4) is 11.1 Å². The Bertz CT molecular complexity index is 1370. The van der Waals surface area contributed by atoms with E-state index in [4.69, 9.17) is 4.74 Å². The van der Waals surface area contributed by atoms with Crippen LogP contribution in [0.5, 0.6) is 0 Å². The van der Waals surface area contributed by atoms with E-state index in [2.05, 4.69) is 6.92 Å². The average Bonchev–Trinajstić information content (AvgIpc) is 3.54. The first kappa shape index (κ1) is 31.0. The van der Waals surface area contributed by atoms with E-state index in [1.807, 2.05) is 35.2 Å². The molecule has 2 aliphatic carbocycles. The van der Waals surface area contributed by atoms with Gasteiger partial charge in [-0.25, -0.2) is 0 Å². The predicted molar refractivity (Wildman–Crippen MR) is 170 cm³/mol. The number of morpholine rings is 1. The third kappa shape index (κ3) is 6.25. The number of piperidine rings is 1. The van der Waals surface area contributed by atoms with Gasteiger partial charge in [0.25, 0.3) is 11.5 Å². The second-order valence-electron chi connectivity index (χ2n) is 14.0. The lowest BCUT2D eigenvalue weighted by molar-refractivity contribution is -0.163. The van der Waals surface area contributed by atoms with Gasteiger partial charge in [-0.05, 0) is 37.2 Å². The van der Waals surface area contributed by atoms with Crippen LogP contribution >= 0.6 is 0 Å². The van der Waals surface area contributed by atoms with Crippen LogP contribution in [0.3, 0.4) is 0 Å². The van der Waals surface area contributed by atoms with Crippen molar-refractivity contribution in [2.45, 2.75) is 89.7 Å². The second-order valence-corrected chi connectivity index (χ2v) is 14.0. The van der Waals surface area contributed by atoms with Crippen LogP contribution in [-0.2, 0) is 16.1 Å². The minimum atomic E-state index is -1.15. The zero-order chi connectivity index (χ0) is 30.7. The topological polar surface area (TPSA) is 92.1 Å². The van der Waals surface area contributed by atoms with E-state index in [9.17, 15) is 19.5 Å². The number of amides is 2. The largest absolute Gasteiger partial charge is 0.387 e. The monoisotopic (exact) mass is 603 g/mol. The Balaban J connectivity index is 1.26. The van der Waals surface area contributed by atoms with Crippen LogP contribution in [0.15, 0.2) is 47.4 Å². The Morgan fingerprint density at radius 2 is 1.66 bits per heavy atom. The van der Waals surface area contributed by atoms with E-state index in [1.165, 1.54) is 32.1 Å². The molecule has 0 bridgehead atoms. The fourth-order valence-electron chi connectivity index (χ4n) is 8.56. The Morgan fingerprint density at radius 1 is 0.955 bits per heavy atom. The molecule has 2 aliphatic heterocycles. The number of rotatable bonds is 7. The first-order chi connectivity index (χ1) is 21.3. The van der Waals surface area contributed by atoms with E-state index < -0.39 is 11.0 Å². The Hall–Kier alpha value is -2.97. The van der Waals surface area contributed by atoms with Gasteiger partial charge in [0.1, 0.15) is 0 Å². The van der Waals surface area contributed by atoms with Gasteiger partial charge in [0.2, 0.25) is 5.91 Å². The highest BCUT2D eigenvalue weighted by Crippen LogP contribution is 2.52. The SMILES string of the molecule is CC(CC1CCCCC1)C(=O)N1CC[C@@](O)(Cn2cc(C(=O)N3CCOCC3)c(-c3ccccc3)cc2=O)C2(CCCC2)C1. The summed E-state index contributed by atoms with van der Waals surface area (Å²) in [6.07, 6.45) is 13.1. The molecule has 1 unspecified atom stereocenters. The van der Waals surface area contributed by atoms with Gasteiger partial charge in [0.15, 0.2) is 0 Å². The quantitative estimate of drug-likeness (QED) is 0.475. The van der Waals surface area contributed by atoms with Crippen molar-refractivity contribution in [1.29, 1.82) is 0 Å². The zero-order valence-corrected chi connectivity index (χ0v) is 26.3. The fraction of sp³-hybridized carbons (Fsp3) is 0.639. The summed E-state index contributed by atoms with van der Waals surface area (Å²) < 4.78 is 7.04. The molecule has 2 saturated heterocycles. The molecule has 0 radical (unpaired) electrons. The van der Waals surface area contributed by atoms with Crippen LogP contribution in [0.1, 0.15) is 87.9 Å². The number of likely N-dealkylation sites (tertiary alicyclic amines) is 1. The molecule has 238 valence electrons. The summed E-state index contributed by atoms with van der Waals surface area (Å²) in [5.41, 5.74) is 0.0445. The molecule has 2 atom stereocenters. The Morgan fingerprint density at radius 3 is 2.36 bits per heavy atom. The summed E-state index contributed by atoms with van der Waals surface area (Å²) in [4.78, 5) is 45.0. The lowest BCUT2D eigenvalue weighted by Gasteiger charge is -2.53. The minimum absolute atomic E-state index is 0.00958. The molecule has 2 aromatic rings. The molecule has 4 aliphatic rings. The zero-order valence-electron chi connectivity index (χ0n) is 26.3. The summed E-state index contributed by atoms with van der Waals surface area (Å²) in [5, 5.41) is 12.5. The van der Waals surface area contributed by atoms with Crippen molar-refractivity contribution in [1.82, 2.24) is 14.4 Å². The maximum absolute atomic E-state index is 13.9. The van der Waals surface area contributed by atoms with Crippen LogP contribution in [0, 0.1) is 17.3 Å². The number of carbonyl (C=O) groups is 2. The van der Waals surface area contributed by atoms with Crippen LogP contribution in [0.4, 0.5) is 0 Å². The van der Waals surface area contributed by atoms with Crippen molar-refractivity contribution < 1.29 is 19.4 Å². The number of benzene rings is 1. The number of nitrogens with zero attached hydrogens (tertiary/aromatic N) is 3. The van der Waals surface area contributed by atoms with Crippen molar-refractivity contribution in [2.24, 2.45) is 17.3 Å². The molecule has 4 fully saturated rings. The first-order valence-corrected chi connectivity index (χ1v) is 17.0. The number of ether oxygens (including phenoxy) is 1. The third-order valence-corrected chi connectivity index (χ3v) is 11.2. The summed E-state index contributed by atoms with van der Waals surface area (Å²) in [5.74, 6) is 0.720. The normalized spacial score (nSPS) is 24.9. The van der Waals surface area contributed by atoms with Crippen LogP contribution in [0.25, 0.3) is 11.1 Å². The van der Waals surface area contributed by atoms with Gasteiger partial charge in [-0.15, -0.1) is 0 Å². The van der Waals surface area contributed by atoms with Gasteiger partial charge in [-0.1, -0.05) is 82.2 Å². The summed E-state index contributed by atoms with van der Waals surface area (Å²) in [6.45, 7) is 5.20. The van der Waals surface area contributed by atoms with E-state index in [0.717, 1.165) is 37.7 Å². The van der Waals surface area contributed by atoms with Crippen LogP contribution in [-0.4, -0.2) is 76.3 Å². The molecular formula is C36H49N3O5. The van der Waals surface area contributed by atoms with Crippen molar-refractivity contribution in [3.63, 3.8) is 0 Å². The highest BCUT2D eigenvalue weighted by molar-refractivity contribution is 6.00. The van der Waals surface area contributed by atoms with Gasteiger partial charge < -0.3 is 24.2 Å². The molecule has 2 saturated carbocycles. The Labute approximate surface area is 261 Å². The maximum Gasteiger partial charge on any atom is 0.256 e. The van der Waals surface area contributed by atoms with Crippen molar-refractivity contribution in [3.05, 3.63) is 58.5 Å². The minimum Gasteiger partial charge on any atom is -0.387 e. The van der Waals surface area contributed by atoms with Gasteiger partial charge in [0.05, 0.1) is 30.9 Å². The highest BCUT2D eigenvalue weighted by Gasteiger charge is 2.56. The molecule has 3 heterocycles. The highest BCUT2D eigenvalue weighted by atomic mass is 16.5. The van der Waals surface area contributed by atoms with E-state index in [0.29, 0.717) is 62.9 Å². The van der Waals surface area contributed by atoms with Gasteiger partial charge >= 0.3 is 0 Å². The van der Waals surface area contributed by atoms with E-state index >= 15 is 0 Å². The third-order valence-electron chi connectivity index (χ3n) is 11.2. The number of hydrogen-bond acceptors (Lipinski definition) is 5. The van der Waals surface area contributed by atoms with Gasteiger partial charge in [-0.3, -0.25) is 14.4 Å². The number of aromatic nitrogens is 1. The van der Waals surface area contributed by atoms with E-state index in [-0.39, 0.29) is 29.8 Å². The first-order valence-electron chi connectivity index (χ1n) is 17.0. The number of aliphatic hydroxyl groups is 1. The summed E-state index contributed by atoms with van der Waals surface area (Å²) in [7, 11) is 0. The molecule has 1 N–H and O–H groups in total. The van der Waals surface area contributed by atoms with Gasteiger partial charge in [-0.2, -0.15) is 0 Å². The summed E-state index contributed by atoms with van der Waals surface area (Å²) >= 11 is 0. The lowest BCUT2D eigenvalue weighted by atomic mass is 9.65. The number of carbonyl (C=O) groups excluding carboxylic acids is 2. The standard InChI is InChI=1S/C36H49N3O5/c1-27(22-28-10-4-2-5-11-28)33(41)38-17-16-36(43,35(25-38)14-8-9-15-35)26-39-24-31(34(42)37-18-20-44-21-19-37)30(23-32(39)40)29-12-6-3-7-13-29/h3,6-7,12-13,23-24,27-28,43H,2,4-5,8-11,14-22,25-26H2,1H3/t27?,36-/m1/s1. The predicted octanol–water partition coefficient (Wildman–Crippen LogP) is 5.12. The number of pyridine rings is 1. The molecule has 8 nitrogen and oxygen atoms in total. The molecule has 1 spiro atoms. The smallest absolute Gasteiger partial charge is 0.256 e. The molecule has 44 heavy (non-hydrogen) atoms. The molecule has 6 rings (SSSR count). The second kappa shape index (κ2) is 13.2. The van der Waals surface area contributed by atoms with Gasteiger partial charge in [0, 0.05) is 55.3 Å².